The van der Waals surface area contributed by atoms with Gasteiger partial charge in [-0.15, -0.1) is 11.8 Å². The number of para-hydroxylation sites is 1. The van der Waals surface area contributed by atoms with E-state index in [9.17, 15) is 23.1 Å². The molecule has 2 aromatic heterocycles. The lowest BCUT2D eigenvalue weighted by molar-refractivity contribution is -0.138. The SMILES string of the molecule is CSc1nc(N2CCC(NCC(O)c3cccc4cccnc34)CC2)cc(C(F)(F)F)c1/C(N)=C/C(N)=O. The molecule has 3 heterocycles. The number of benzene rings is 1. The number of primary amides is 1. The van der Waals surface area contributed by atoms with Crippen LogP contribution in [-0.4, -0.2) is 52.9 Å². The average molecular weight is 547 g/mol. The first-order valence-corrected chi connectivity index (χ1v) is 13.2. The van der Waals surface area contributed by atoms with Crippen LogP contribution in [0.2, 0.25) is 0 Å². The molecule has 1 fully saturated rings. The number of pyridine rings is 2. The van der Waals surface area contributed by atoms with Crippen LogP contribution in [0.1, 0.15) is 35.6 Å². The topological polar surface area (TPSA) is 130 Å². The number of nitrogens with one attached hydrogen (secondary N) is 1. The highest BCUT2D eigenvalue weighted by atomic mass is 32.2. The Kier molecular flexibility index (Phi) is 8.44. The van der Waals surface area contributed by atoms with Crippen LogP contribution in [0.3, 0.4) is 0 Å². The lowest BCUT2D eigenvalue weighted by atomic mass is 10.0. The molecule has 1 aliphatic rings. The van der Waals surface area contributed by atoms with Gasteiger partial charge in [-0.05, 0) is 31.2 Å². The van der Waals surface area contributed by atoms with Crippen molar-refractivity contribution in [2.24, 2.45) is 11.5 Å². The molecule has 202 valence electrons. The van der Waals surface area contributed by atoms with Gasteiger partial charge < -0.3 is 26.8 Å². The van der Waals surface area contributed by atoms with Crippen molar-refractivity contribution in [1.82, 2.24) is 15.3 Å². The van der Waals surface area contributed by atoms with Gasteiger partial charge in [0.25, 0.3) is 0 Å². The number of nitrogens with two attached hydrogens (primary N) is 2. The first kappa shape index (κ1) is 27.7. The van der Waals surface area contributed by atoms with Gasteiger partial charge in [0, 0.05) is 60.2 Å². The third-order valence-electron chi connectivity index (χ3n) is 6.50. The number of fused-ring (bicyclic) bond motifs is 1. The average Bonchev–Trinajstić information content (AvgIpc) is 2.90. The fraction of sp³-hybridized carbons (Fsp3) is 0.346. The zero-order valence-electron chi connectivity index (χ0n) is 20.7. The van der Waals surface area contributed by atoms with Crippen molar-refractivity contribution in [3.8, 4) is 0 Å². The van der Waals surface area contributed by atoms with Crippen LogP contribution in [-0.2, 0) is 11.0 Å². The third kappa shape index (κ3) is 6.20. The van der Waals surface area contributed by atoms with E-state index in [1.807, 2.05) is 30.3 Å². The summed E-state index contributed by atoms with van der Waals surface area (Å²) in [6, 6.07) is 10.5. The van der Waals surface area contributed by atoms with Gasteiger partial charge in [0.1, 0.15) is 10.8 Å². The number of hydrogen-bond donors (Lipinski definition) is 4. The molecule has 1 atom stereocenters. The Morgan fingerprint density at radius 1 is 1.26 bits per heavy atom. The number of amides is 1. The molecular weight excluding hydrogens is 517 g/mol. The van der Waals surface area contributed by atoms with Crippen molar-refractivity contribution >= 4 is 40.1 Å². The van der Waals surface area contributed by atoms with Crippen molar-refractivity contribution < 1.29 is 23.1 Å². The number of hydrogen-bond acceptors (Lipinski definition) is 8. The number of aliphatic hydroxyl groups is 1. The molecule has 8 nitrogen and oxygen atoms in total. The molecule has 12 heteroatoms. The van der Waals surface area contributed by atoms with Crippen molar-refractivity contribution in [2.75, 3.05) is 30.8 Å². The van der Waals surface area contributed by atoms with Gasteiger partial charge in [0.05, 0.1) is 17.2 Å². The second-order valence-electron chi connectivity index (χ2n) is 9.02. The van der Waals surface area contributed by atoms with E-state index in [-0.39, 0.29) is 28.1 Å². The smallest absolute Gasteiger partial charge is 0.398 e. The number of halogens is 3. The minimum atomic E-state index is -4.71. The zero-order valence-corrected chi connectivity index (χ0v) is 21.5. The quantitative estimate of drug-likeness (QED) is 0.250. The number of carbonyl (C=O) groups excluding carboxylic acids is 1. The molecule has 0 spiro atoms. The predicted molar refractivity (Wildman–Crippen MR) is 142 cm³/mol. The molecule has 38 heavy (non-hydrogen) atoms. The standard InChI is InChI=1S/C26H29F3N6O2S/c1-38-25-23(19(30)13-21(31)37)18(26(27,28)29)12-22(34-25)35-10-7-16(8-11-35)33-14-20(36)17-6-2-4-15-5-3-9-32-24(15)17/h2-6,9,12-13,16,20,33,36H,7-8,10-11,14,30H2,1H3,(H2,31,37)/b19-13-. The van der Waals surface area contributed by atoms with E-state index < -0.39 is 23.8 Å². The van der Waals surface area contributed by atoms with Gasteiger partial charge >= 0.3 is 6.18 Å². The van der Waals surface area contributed by atoms with Crippen molar-refractivity contribution in [3.05, 3.63) is 65.4 Å². The molecule has 3 aromatic rings. The summed E-state index contributed by atoms with van der Waals surface area (Å²) >= 11 is 1.01. The summed E-state index contributed by atoms with van der Waals surface area (Å²) in [5.41, 5.74) is 10.7. The molecule has 4 rings (SSSR count). The van der Waals surface area contributed by atoms with Crippen molar-refractivity contribution in [3.63, 3.8) is 0 Å². The number of rotatable bonds is 8. The first-order chi connectivity index (χ1) is 18.1. The number of piperidine rings is 1. The van der Waals surface area contributed by atoms with Crippen LogP contribution in [0.25, 0.3) is 16.6 Å². The summed E-state index contributed by atoms with van der Waals surface area (Å²) in [6.45, 7) is 1.29. The molecule has 0 radical (unpaired) electrons. The molecule has 1 amide bonds. The molecular formula is C26H29F3N6O2S. The fourth-order valence-corrected chi connectivity index (χ4v) is 5.26. The maximum atomic E-state index is 14.0. The van der Waals surface area contributed by atoms with Gasteiger partial charge in [-0.2, -0.15) is 13.2 Å². The minimum absolute atomic E-state index is 0.0666. The van der Waals surface area contributed by atoms with E-state index in [2.05, 4.69) is 15.3 Å². The molecule has 1 saturated heterocycles. The van der Waals surface area contributed by atoms with E-state index in [0.717, 1.165) is 40.4 Å². The molecule has 1 aromatic carbocycles. The first-order valence-electron chi connectivity index (χ1n) is 12.0. The van der Waals surface area contributed by atoms with Gasteiger partial charge in [-0.1, -0.05) is 24.3 Å². The van der Waals surface area contributed by atoms with Gasteiger partial charge in [-0.25, -0.2) is 4.98 Å². The maximum Gasteiger partial charge on any atom is 0.417 e. The molecule has 0 aliphatic carbocycles. The van der Waals surface area contributed by atoms with Crippen LogP contribution < -0.4 is 21.7 Å². The molecule has 1 aliphatic heterocycles. The van der Waals surface area contributed by atoms with E-state index >= 15 is 0 Å². The highest BCUT2D eigenvalue weighted by Gasteiger charge is 2.37. The largest absolute Gasteiger partial charge is 0.417 e. The Balaban J connectivity index is 1.46. The summed E-state index contributed by atoms with van der Waals surface area (Å²) in [5.74, 6) is -0.749. The van der Waals surface area contributed by atoms with Gasteiger partial charge in [0.2, 0.25) is 5.91 Å². The number of alkyl halides is 3. The summed E-state index contributed by atoms with van der Waals surface area (Å²) in [4.78, 5) is 21.9. The van der Waals surface area contributed by atoms with Crippen LogP contribution >= 0.6 is 11.8 Å². The predicted octanol–water partition coefficient (Wildman–Crippen LogP) is 3.45. The number of thioether (sulfide) groups is 1. The Morgan fingerprint density at radius 2 is 1.97 bits per heavy atom. The second kappa shape index (κ2) is 11.6. The van der Waals surface area contributed by atoms with Crippen molar-refractivity contribution in [1.29, 1.82) is 0 Å². The van der Waals surface area contributed by atoms with E-state index in [1.165, 1.54) is 0 Å². The molecule has 0 saturated carbocycles. The number of aliphatic hydroxyl groups excluding tert-OH is 1. The van der Waals surface area contributed by atoms with Gasteiger partial charge in [-0.3, -0.25) is 9.78 Å². The number of anilines is 1. The minimum Gasteiger partial charge on any atom is -0.398 e. The van der Waals surface area contributed by atoms with Crippen LogP contribution in [0.4, 0.5) is 19.0 Å². The summed E-state index contributed by atoms with van der Waals surface area (Å²) in [7, 11) is 0. The Hall–Kier alpha value is -3.35. The summed E-state index contributed by atoms with van der Waals surface area (Å²) < 4.78 is 42.0. The number of aromatic nitrogens is 2. The van der Waals surface area contributed by atoms with Crippen molar-refractivity contribution in [2.45, 2.75) is 36.2 Å². The molecule has 1 unspecified atom stereocenters. The highest BCUT2D eigenvalue weighted by molar-refractivity contribution is 7.98. The van der Waals surface area contributed by atoms with E-state index in [4.69, 9.17) is 11.5 Å². The third-order valence-corrected chi connectivity index (χ3v) is 7.18. The second-order valence-corrected chi connectivity index (χ2v) is 9.81. The Bertz CT molecular complexity index is 1340. The number of nitrogens with zero attached hydrogens (tertiary/aromatic N) is 3. The number of carbonyl (C=O) groups is 1. The van der Waals surface area contributed by atoms with E-state index in [1.54, 1.807) is 17.4 Å². The maximum absolute atomic E-state index is 14.0. The fourth-order valence-electron chi connectivity index (χ4n) is 4.64. The molecule has 6 N–H and O–H groups in total. The monoisotopic (exact) mass is 546 g/mol. The van der Waals surface area contributed by atoms with Crippen LogP contribution in [0.5, 0.6) is 0 Å². The highest BCUT2D eigenvalue weighted by Crippen LogP contribution is 2.40. The normalized spacial score (nSPS) is 16.1. The summed E-state index contributed by atoms with van der Waals surface area (Å²) in [6.07, 6.45) is -0.0885. The Labute approximate surface area is 222 Å². The Morgan fingerprint density at radius 3 is 2.63 bits per heavy atom. The van der Waals surface area contributed by atoms with Crippen LogP contribution in [0, 0.1) is 0 Å². The zero-order chi connectivity index (χ0) is 27.4. The van der Waals surface area contributed by atoms with Gasteiger partial charge in [0.15, 0.2) is 0 Å². The van der Waals surface area contributed by atoms with E-state index in [0.29, 0.717) is 32.5 Å². The van der Waals surface area contributed by atoms with Crippen LogP contribution in [0.15, 0.2) is 53.7 Å². The lowest BCUT2D eigenvalue weighted by Crippen LogP contribution is -2.44. The molecule has 0 bridgehead atoms. The lowest BCUT2D eigenvalue weighted by Gasteiger charge is -2.34. The summed E-state index contributed by atoms with van der Waals surface area (Å²) in [5, 5.41) is 15.2.